The van der Waals surface area contributed by atoms with Crippen LogP contribution in [-0.2, 0) is 13.1 Å². The molecule has 124 valence electrons. The van der Waals surface area contributed by atoms with Gasteiger partial charge in [0.2, 0.25) is 0 Å². The topological polar surface area (TPSA) is 18.5 Å². The Balaban J connectivity index is 1.75. The summed E-state index contributed by atoms with van der Waals surface area (Å²) in [5, 5.41) is 3.54. The molecular weight excluding hydrogens is 270 g/mol. The Morgan fingerprint density at radius 1 is 0.909 bits per heavy atom. The number of benzene rings is 1. The van der Waals surface area contributed by atoms with Crippen LogP contribution in [0.3, 0.4) is 0 Å². The molecule has 1 aromatic carbocycles. The summed E-state index contributed by atoms with van der Waals surface area (Å²) in [6, 6.07) is 9.13. The average Bonchev–Trinajstić information content (AvgIpc) is 2.49. The van der Waals surface area contributed by atoms with Crippen molar-refractivity contribution in [2.24, 2.45) is 5.41 Å². The summed E-state index contributed by atoms with van der Waals surface area (Å²) >= 11 is 0. The van der Waals surface area contributed by atoms with Gasteiger partial charge in [0.25, 0.3) is 0 Å². The number of nitrogens with one attached hydrogen (secondary N) is 1. The lowest BCUT2D eigenvalue weighted by molar-refractivity contribution is 0.132. The highest BCUT2D eigenvalue weighted by molar-refractivity contribution is 5.22. The van der Waals surface area contributed by atoms with Crippen molar-refractivity contribution in [3.8, 4) is 0 Å². The van der Waals surface area contributed by atoms with E-state index in [-0.39, 0.29) is 0 Å². The SMILES string of the molecule is CCN1CCN(Cc2ccc(CNCC(C)(C)C)cc2)CC1. The quantitative estimate of drug-likeness (QED) is 0.871. The number of hydrogen-bond acceptors (Lipinski definition) is 3. The zero-order valence-corrected chi connectivity index (χ0v) is 14.9. The van der Waals surface area contributed by atoms with Crippen molar-refractivity contribution in [3.63, 3.8) is 0 Å². The van der Waals surface area contributed by atoms with Gasteiger partial charge in [0.15, 0.2) is 0 Å². The van der Waals surface area contributed by atoms with E-state index in [2.05, 4.69) is 67.1 Å². The van der Waals surface area contributed by atoms with Crippen LogP contribution in [0.25, 0.3) is 0 Å². The molecule has 1 fully saturated rings. The first-order chi connectivity index (χ1) is 10.5. The maximum atomic E-state index is 3.54. The van der Waals surface area contributed by atoms with E-state index in [0.717, 1.165) is 19.6 Å². The van der Waals surface area contributed by atoms with E-state index < -0.39 is 0 Å². The summed E-state index contributed by atoms with van der Waals surface area (Å²) in [6.07, 6.45) is 0. The van der Waals surface area contributed by atoms with Crippen LogP contribution < -0.4 is 5.32 Å². The summed E-state index contributed by atoms with van der Waals surface area (Å²) in [5.74, 6) is 0. The number of hydrogen-bond donors (Lipinski definition) is 1. The summed E-state index contributed by atoms with van der Waals surface area (Å²) < 4.78 is 0. The maximum Gasteiger partial charge on any atom is 0.0234 e. The van der Waals surface area contributed by atoms with Crippen LogP contribution in [0.1, 0.15) is 38.8 Å². The molecule has 3 heteroatoms. The minimum atomic E-state index is 0.348. The van der Waals surface area contributed by atoms with Gasteiger partial charge < -0.3 is 10.2 Å². The molecule has 1 aliphatic rings. The molecule has 1 aromatic rings. The normalized spacial score (nSPS) is 17.8. The Morgan fingerprint density at radius 3 is 2.00 bits per heavy atom. The van der Waals surface area contributed by atoms with E-state index in [1.54, 1.807) is 0 Å². The van der Waals surface area contributed by atoms with Crippen LogP contribution in [0.15, 0.2) is 24.3 Å². The van der Waals surface area contributed by atoms with E-state index in [4.69, 9.17) is 0 Å². The maximum absolute atomic E-state index is 3.54. The fourth-order valence-corrected chi connectivity index (χ4v) is 2.87. The molecule has 0 atom stereocenters. The van der Waals surface area contributed by atoms with Crippen molar-refractivity contribution in [3.05, 3.63) is 35.4 Å². The summed E-state index contributed by atoms with van der Waals surface area (Å²) in [5.41, 5.74) is 3.16. The fraction of sp³-hybridized carbons (Fsp3) is 0.684. The number of nitrogens with zero attached hydrogens (tertiary/aromatic N) is 2. The van der Waals surface area contributed by atoms with Gasteiger partial charge in [-0.25, -0.2) is 0 Å². The smallest absolute Gasteiger partial charge is 0.0234 e. The Bertz CT molecular complexity index is 425. The van der Waals surface area contributed by atoms with Crippen molar-refractivity contribution in [1.82, 2.24) is 15.1 Å². The fourth-order valence-electron chi connectivity index (χ4n) is 2.87. The van der Waals surface area contributed by atoms with Crippen molar-refractivity contribution in [1.29, 1.82) is 0 Å². The first-order valence-electron chi connectivity index (χ1n) is 8.69. The van der Waals surface area contributed by atoms with Crippen LogP contribution in [-0.4, -0.2) is 49.1 Å². The summed E-state index contributed by atoms with van der Waals surface area (Å²) in [6.45, 7) is 18.2. The van der Waals surface area contributed by atoms with Crippen LogP contribution in [0.2, 0.25) is 0 Å². The second kappa shape index (κ2) is 8.09. The zero-order chi connectivity index (χ0) is 16.0. The van der Waals surface area contributed by atoms with Gasteiger partial charge >= 0.3 is 0 Å². The highest BCUT2D eigenvalue weighted by atomic mass is 15.3. The molecule has 22 heavy (non-hydrogen) atoms. The second-order valence-electron chi connectivity index (χ2n) is 7.69. The third kappa shape index (κ3) is 6.07. The summed E-state index contributed by atoms with van der Waals surface area (Å²) in [4.78, 5) is 5.10. The second-order valence-corrected chi connectivity index (χ2v) is 7.69. The predicted octanol–water partition coefficient (Wildman–Crippen LogP) is 2.96. The molecule has 0 bridgehead atoms. The lowest BCUT2D eigenvalue weighted by atomic mass is 9.97. The van der Waals surface area contributed by atoms with E-state index in [1.807, 2.05) is 0 Å². The minimum Gasteiger partial charge on any atom is -0.312 e. The number of likely N-dealkylation sites (N-methyl/N-ethyl adjacent to an activating group) is 1. The Morgan fingerprint density at radius 2 is 1.45 bits per heavy atom. The molecule has 3 nitrogen and oxygen atoms in total. The molecule has 0 amide bonds. The molecule has 1 aliphatic heterocycles. The van der Waals surface area contributed by atoms with Gasteiger partial charge in [-0.1, -0.05) is 52.0 Å². The van der Waals surface area contributed by atoms with E-state index in [1.165, 1.54) is 43.9 Å². The Labute approximate surface area is 136 Å². The molecule has 0 spiro atoms. The van der Waals surface area contributed by atoms with Crippen molar-refractivity contribution < 1.29 is 0 Å². The van der Waals surface area contributed by atoms with Crippen LogP contribution in [0.5, 0.6) is 0 Å². The molecule has 1 heterocycles. The first-order valence-corrected chi connectivity index (χ1v) is 8.69. The number of rotatable bonds is 6. The van der Waals surface area contributed by atoms with E-state index in [9.17, 15) is 0 Å². The highest BCUT2D eigenvalue weighted by Crippen LogP contribution is 2.12. The lowest BCUT2D eigenvalue weighted by Gasteiger charge is -2.34. The van der Waals surface area contributed by atoms with Crippen molar-refractivity contribution in [2.45, 2.75) is 40.8 Å². The highest BCUT2D eigenvalue weighted by Gasteiger charge is 2.15. The number of piperazine rings is 1. The third-order valence-corrected chi connectivity index (χ3v) is 4.33. The van der Waals surface area contributed by atoms with Crippen LogP contribution in [0, 0.1) is 5.41 Å². The first kappa shape index (κ1) is 17.5. The molecule has 0 saturated carbocycles. The van der Waals surface area contributed by atoms with Crippen molar-refractivity contribution >= 4 is 0 Å². The summed E-state index contributed by atoms with van der Waals surface area (Å²) in [7, 11) is 0. The van der Waals surface area contributed by atoms with Gasteiger partial charge in [-0.3, -0.25) is 4.90 Å². The van der Waals surface area contributed by atoms with Crippen LogP contribution in [0.4, 0.5) is 0 Å². The molecule has 0 aliphatic carbocycles. The van der Waals surface area contributed by atoms with Gasteiger partial charge in [0, 0.05) is 45.8 Å². The molecule has 0 radical (unpaired) electrons. The predicted molar refractivity (Wildman–Crippen MR) is 95.0 cm³/mol. The van der Waals surface area contributed by atoms with Crippen molar-refractivity contribution in [2.75, 3.05) is 39.3 Å². The Kier molecular flexibility index (Phi) is 6.42. The van der Waals surface area contributed by atoms with Crippen LogP contribution >= 0.6 is 0 Å². The zero-order valence-electron chi connectivity index (χ0n) is 14.9. The molecule has 1 saturated heterocycles. The third-order valence-electron chi connectivity index (χ3n) is 4.33. The van der Waals surface area contributed by atoms with Gasteiger partial charge in [-0.05, 0) is 23.1 Å². The minimum absolute atomic E-state index is 0.348. The van der Waals surface area contributed by atoms with E-state index >= 15 is 0 Å². The monoisotopic (exact) mass is 303 g/mol. The molecule has 0 aromatic heterocycles. The van der Waals surface area contributed by atoms with Gasteiger partial charge in [0.1, 0.15) is 0 Å². The van der Waals surface area contributed by atoms with Gasteiger partial charge in [-0.15, -0.1) is 0 Å². The van der Waals surface area contributed by atoms with E-state index in [0.29, 0.717) is 5.41 Å². The standard InChI is InChI=1S/C19H33N3/c1-5-21-10-12-22(13-11-21)15-18-8-6-17(7-9-18)14-20-16-19(2,3)4/h6-9,20H,5,10-16H2,1-4H3. The largest absolute Gasteiger partial charge is 0.312 e. The average molecular weight is 303 g/mol. The molecule has 0 unspecified atom stereocenters. The molecule has 2 rings (SSSR count). The van der Waals surface area contributed by atoms with Gasteiger partial charge in [0.05, 0.1) is 0 Å². The molecule has 1 N–H and O–H groups in total. The van der Waals surface area contributed by atoms with Gasteiger partial charge in [-0.2, -0.15) is 0 Å². The Hall–Kier alpha value is -0.900. The lowest BCUT2D eigenvalue weighted by Crippen LogP contribution is -2.45. The molecular formula is C19H33N3.